The first kappa shape index (κ1) is 15.5. The van der Waals surface area contributed by atoms with Crippen LogP contribution < -0.4 is 16.8 Å². The molecule has 3 N–H and O–H groups in total. The van der Waals surface area contributed by atoms with Crippen LogP contribution in [0.4, 0.5) is 5.82 Å². The van der Waals surface area contributed by atoms with Crippen LogP contribution in [0, 0.1) is 0 Å². The molecule has 0 amide bonds. The van der Waals surface area contributed by atoms with Gasteiger partial charge in [0.1, 0.15) is 11.5 Å². The van der Waals surface area contributed by atoms with Crippen molar-refractivity contribution >= 4 is 16.9 Å². The summed E-state index contributed by atoms with van der Waals surface area (Å²) in [6.07, 6.45) is 0. The van der Waals surface area contributed by atoms with Crippen LogP contribution in [0.15, 0.2) is 65.8 Å². The molecule has 1 aliphatic rings. The maximum absolute atomic E-state index is 5.55. The highest BCUT2D eigenvalue weighted by Gasteiger charge is 2.23. The number of hydrogen-bond donors (Lipinski definition) is 2. The first-order chi connectivity index (χ1) is 13.4. The Kier molecular flexibility index (Phi) is 3.57. The van der Waals surface area contributed by atoms with E-state index in [0.717, 1.165) is 46.7 Å². The number of hydrogen-bond acceptors (Lipinski definition) is 6. The summed E-state index contributed by atoms with van der Waals surface area (Å²) in [6.45, 7) is 1.55. The van der Waals surface area contributed by atoms with Gasteiger partial charge in [0.25, 0.3) is 0 Å². The number of nitrogens with zero attached hydrogens (tertiary/aromatic N) is 5. The fourth-order valence-electron chi connectivity index (χ4n) is 3.58. The second-order valence-electron chi connectivity index (χ2n) is 6.32. The van der Waals surface area contributed by atoms with Crippen LogP contribution in [0.5, 0.6) is 0 Å². The lowest BCUT2D eigenvalue weighted by atomic mass is 9.97. The number of rotatable bonds is 2. The molecular formula is C20H17N7. The van der Waals surface area contributed by atoms with Gasteiger partial charge in [-0.2, -0.15) is 4.98 Å². The van der Waals surface area contributed by atoms with Crippen molar-refractivity contribution < 1.29 is 0 Å². The molecule has 0 bridgehead atoms. The van der Waals surface area contributed by atoms with E-state index in [1.165, 1.54) is 0 Å². The van der Waals surface area contributed by atoms with Crippen LogP contribution in [0.1, 0.15) is 0 Å². The van der Waals surface area contributed by atoms with Crippen molar-refractivity contribution in [2.24, 2.45) is 10.9 Å². The van der Waals surface area contributed by atoms with Crippen LogP contribution in [0.3, 0.4) is 0 Å². The Morgan fingerprint density at radius 2 is 1.63 bits per heavy atom. The van der Waals surface area contributed by atoms with Crippen LogP contribution in [-0.4, -0.2) is 26.3 Å². The van der Waals surface area contributed by atoms with Crippen LogP contribution in [-0.2, 0) is 6.54 Å². The summed E-state index contributed by atoms with van der Waals surface area (Å²) in [7, 11) is 0. The van der Waals surface area contributed by atoms with Gasteiger partial charge < -0.3 is 11.2 Å². The normalized spacial score (nSPS) is 13.6. The molecule has 0 saturated heterocycles. The molecule has 2 aromatic heterocycles. The topological polar surface area (TPSA) is 94.0 Å². The fourth-order valence-corrected chi connectivity index (χ4v) is 3.58. The standard InChI is InChI=1S/C20H17N7/c21-24-20-23-18-16(19-22-11-12-27(19)20)15(13-7-3-1-4-8-13)17(25-26-18)14-9-5-2-6-10-14/h1-10,22H,11-12,21H2/b24-20-. The minimum atomic E-state index is 0.447. The number of fused-ring (bicyclic) bond motifs is 3. The van der Waals surface area contributed by atoms with Gasteiger partial charge in [-0.1, -0.05) is 60.7 Å². The zero-order valence-electron chi connectivity index (χ0n) is 14.5. The summed E-state index contributed by atoms with van der Waals surface area (Å²) < 4.78 is 1.99. The van der Waals surface area contributed by atoms with E-state index >= 15 is 0 Å². The molecule has 1 aliphatic heterocycles. The molecule has 3 heterocycles. The summed E-state index contributed by atoms with van der Waals surface area (Å²) in [6, 6.07) is 20.3. The Hall–Kier alpha value is -3.74. The van der Waals surface area contributed by atoms with Crippen molar-refractivity contribution in [3.8, 4) is 22.4 Å². The Morgan fingerprint density at radius 3 is 2.33 bits per heavy atom. The van der Waals surface area contributed by atoms with E-state index in [-0.39, 0.29) is 0 Å². The van der Waals surface area contributed by atoms with Crippen molar-refractivity contribution in [2.75, 3.05) is 11.9 Å². The van der Waals surface area contributed by atoms with E-state index < -0.39 is 0 Å². The van der Waals surface area contributed by atoms with Gasteiger partial charge in [0.05, 0.1) is 5.39 Å². The summed E-state index contributed by atoms with van der Waals surface area (Å²) in [5.41, 5.74) is 4.87. The van der Waals surface area contributed by atoms with Crippen LogP contribution >= 0.6 is 0 Å². The van der Waals surface area contributed by atoms with Crippen LogP contribution in [0.25, 0.3) is 33.4 Å². The van der Waals surface area contributed by atoms with Crippen molar-refractivity contribution in [1.29, 1.82) is 0 Å². The first-order valence-electron chi connectivity index (χ1n) is 8.76. The summed E-state index contributed by atoms with van der Waals surface area (Å²) in [5, 5.41) is 17.1. The molecule has 132 valence electrons. The molecule has 0 radical (unpaired) electrons. The highest BCUT2D eigenvalue weighted by atomic mass is 15.3. The van der Waals surface area contributed by atoms with E-state index in [2.05, 4.69) is 37.7 Å². The second-order valence-corrected chi connectivity index (χ2v) is 6.32. The average molecular weight is 355 g/mol. The molecule has 0 aliphatic carbocycles. The van der Waals surface area contributed by atoms with Crippen molar-refractivity contribution in [3.63, 3.8) is 0 Å². The van der Waals surface area contributed by atoms with E-state index in [1.54, 1.807) is 0 Å². The molecule has 0 atom stereocenters. The number of nitrogens with one attached hydrogen (secondary N) is 1. The Bertz CT molecular complexity index is 1200. The monoisotopic (exact) mass is 355 g/mol. The fraction of sp³-hybridized carbons (Fsp3) is 0.100. The Morgan fingerprint density at radius 1 is 0.926 bits per heavy atom. The van der Waals surface area contributed by atoms with Crippen molar-refractivity contribution in [3.05, 3.63) is 66.3 Å². The minimum absolute atomic E-state index is 0.447. The molecule has 5 rings (SSSR count). The van der Waals surface area contributed by atoms with E-state index in [0.29, 0.717) is 11.3 Å². The van der Waals surface area contributed by atoms with E-state index in [9.17, 15) is 0 Å². The summed E-state index contributed by atoms with van der Waals surface area (Å²) in [5.74, 6) is 6.48. The molecule has 0 spiro atoms. The molecule has 0 unspecified atom stereocenters. The number of aromatic nitrogens is 4. The van der Waals surface area contributed by atoms with Gasteiger partial charge in [0.2, 0.25) is 5.62 Å². The lowest BCUT2D eigenvalue weighted by Crippen LogP contribution is -2.25. The quantitative estimate of drug-likeness (QED) is 0.425. The first-order valence-corrected chi connectivity index (χ1v) is 8.76. The predicted molar refractivity (Wildman–Crippen MR) is 104 cm³/mol. The van der Waals surface area contributed by atoms with Gasteiger partial charge in [-0.05, 0) is 5.56 Å². The number of benzene rings is 2. The molecule has 7 heteroatoms. The maximum atomic E-state index is 5.55. The highest BCUT2D eigenvalue weighted by Crippen LogP contribution is 2.38. The minimum Gasteiger partial charge on any atom is -0.369 e. The third-order valence-corrected chi connectivity index (χ3v) is 4.76. The molecule has 7 nitrogen and oxygen atoms in total. The second kappa shape index (κ2) is 6.21. The van der Waals surface area contributed by atoms with Gasteiger partial charge >= 0.3 is 0 Å². The zero-order valence-corrected chi connectivity index (χ0v) is 14.5. The van der Waals surface area contributed by atoms with E-state index in [4.69, 9.17) is 5.84 Å². The lowest BCUT2D eigenvalue weighted by Gasteiger charge is -2.15. The molecular weight excluding hydrogens is 338 g/mol. The average Bonchev–Trinajstić information content (AvgIpc) is 3.23. The smallest absolute Gasteiger partial charge is 0.250 e. The van der Waals surface area contributed by atoms with Crippen molar-refractivity contribution in [2.45, 2.75) is 6.54 Å². The molecule has 0 saturated carbocycles. The van der Waals surface area contributed by atoms with Gasteiger partial charge in [-0.15, -0.1) is 15.3 Å². The molecule has 4 aromatic rings. The zero-order chi connectivity index (χ0) is 18.2. The van der Waals surface area contributed by atoms with E-state index in [1.807, 2.05) is 53.1 Å². The van der Waals surface area contributed by atoms with Crippen molar-refractivity contribution in [1.82, 2.24) is 19.7 Å². The van der Waals surface area contributed by atoms with Crippen LogP contribution in [0.2, 0.25) is 0 Å². The predicted octanol–water partition coefficient (Wildman–Crippen LogP) is 2.36. The molecule has 0 fully saturated rings. The lowest BCUT2D eigenvalue weighted by molar-refractivity contribution is 0.716. The number of nitrogens with two attached hydrogens (primary N) is 1. The third-order valence-electron chi connectivity index (χ3n) is 4.76. The summed E-state index contributed by atoms with van der Waals surface area (Å²) in [4.78, 5) is 4.54. The van der Waals surface area contributed by atoms with Gasteiger partial charge in [0, 0.05) is 24.2 Å². The van der Waals surface area contributed by atoms with Gasteiger partial charge in [-0.25, -0.2) is 0 Å². The molecule has 2 aromatic carbocycles. The maximum Gasteiger partial charge on any atom is 0.250 e. The SMILES string of the molecule is N/N=c1/nc2nnc(-c3ccccc3)c(-c3ccccc3)c2c2n1CCN2. The van der Waals surface area contributed by atoms with Gasteiger partial charge in [-0.3, -0.25) is 4.57 Å². The molecule has 27 heavy (non-hydrogen) atoms. The highest BCUT2D eigenvalue weighted by molar-refractivity contribution is 6.05. The number of anilines is 1. The Balaban J connectivity index is 1.96. The largest absolute Gasteiger partial charge is 0.369 e. The third kappa shape index (κ3) is 2.43. The summed E-state index contributed by atoms with van der Waals surface area (Å²) >= 11 is 0. The van der Waals surface area contributed by atoms with Gasteiger partial charge in [0.15, 0.2) is 5.65 Å². The Labute approximate surface area is 155 Å².